The first-order chi connectivity index (χ1) is 14.4. The van der Waals surface area contributed by atoms with Crippen LogP contribution in [0, 0.1) is 0 Å². The molecule has 1 N–H and O–H groups in total. The van der Waals surface area contributed by atoms with Crippen LogP contribution in [-0.4, -0.2) is 56.7 Å². The van der Waals surface area contributed by atoms with Crippen LogP contribution in [0.15, 0.2) is 36.4 Å². The molecule has 0 bridgehead atoms. The predicted octanol–water partition coefficient (Wildman–Crippen LogP) is 1.16. The molecule has 0 spiro atoms. The van der Waals surface area contributed by atoms with Gasteiger partial charge in [-0.05, 0) is 35.9 Å². The molecular weight excluding hydrogens is 390 g/mol. The normalized spacial score (nSPS) is 14.1. The molecule has 2 aromatic carbocycles. The number of carbonyl (C=O) groups excluding carboxylic acids is 3. The summed E-state index contributed by atoms with van der Waals surface area (Å²) in [5.74, 6) is 0.866. The monoisotopic (exact) mass is 411 g/mol. The average molecular weight is 411 g/mol. The van der Waals surface area contributed by atoms with Gasteiger partial charge in [0.1, 0.15) is 12.3 Å². The van der Waals surface area contributed by atoms with Crippen LogP contribution in [0.5, 0.6) is 17.2 Å². The Balaban J connectivity index is 1.46. The molecule has 9 heteroatoms. The molecule has 0 atom stereocenters. The molecule has 2 aliphatic rings. The number of hydrogen-bond acceptors (Lipinski definition) is 6. The first kappa shape index (κ1) is 19.6. The van der Waals surface area contributed by atoms with Gasteiger partial charge in [-0.15, -0.1) is 0 Å². The Labute approximate surface area is 173 Å². The zero-order chi connectivity index (χ0) is 21.3. The second-order valence-electron chi connectivity index (χ2n) is 7.11. The summed E-state index contributed by atoms with van der Waals surface area (Å²) < 4.78 is 16.0. The lowest BCUT2D eigenvalue weighted by atomic mass is 10.1. The lowest BCUT2D eigenvalue weighted by Crippen LogP contribution is -2.45. The van der Waals surface area contributed by atoms with Gasteiger partial charge in [-0.1, -0.05) is 6.07 Å². The zero-order valence-electron chi connectivity index (χ0n) is 16.6. The third kappa shape index (κ3) is 3.86. The minimum absolute atomic E-state index is 0.163. The molecule has 0 radical (unpaired) electrons. The van der Waals surface area contributed by atoms with Crippen molar-refractivity contribution in [2.45, 2.75) is 6.54 Å². The van der Waals surface area contributed by atoms with E-state index in [4.69, 9.17) is 14.2 Å². The molecule has 3 amide bonds. The molecule has 2 aromatic rings. The lowest BCUT2D eigenvalue weighted by molar-refractivity contribution is -0.125. The van der Waals surface area contributed by atoms with E-state index in [1.165, 1.54) is 9.80 Å². The fraction of sp³-hybridized carbons (Fsp3) is 0.286. The summed E-state index contributed by atoms with van der Waals surface area (Å²) in [4.78, 5) is 40.0. The molecule has 0 saturated heterocycles. The Morgan fingerprint density at radius 3 is 2.60 bits per heavy atom. The Bertz CT molecular complexity index is 1020. The van der Waals surface area contributed by atoms with E-state index in [0.717, 1.165) is 5.56 Å². The highest BCUT2D eigenvalue weighted by Gasteiger charge is 2.28. The molecule has 0 aliphatic carbocycles. The van der Waals surface area contributed by atoms with Crippen molar-refractivity contribution in [3.8, 4) is 17.2 Å². The van der Waals surface area contributed by atoms with Gasteiger partial charge in [0.05, 0.1) is 5.69 Å². The number of hydrogen-bond donors (Lipinski definition) is 1. The summed E-state index contributed by atoms with van der Waals surface area (Å²) in [7, 11) is 3.29. The Morgan fingerprint density at radius 2 is 1.80 bits per heavy atom. The van der Waals surface area contributed by atoms with Gasteiger partial charge in [-0.2, -0.15) is 0 Å². The third-order valence-electron chi connectivity index (χ3n) is 4.78. The maximum absolute atomic E-state index is 12.5. The fourth-order valence-corrected chi connectivity index (χ4v) is 3.22. The van der Waals surface area contributed by atoms with E-state index in [2.05, 4.69) is 5.32 Å². The van der Waals surface area contributed by atoms with Crippen LogP contribution in [0.25, 0.3) is 0 Å². The van der Waals surface area contributed by atoms with Crippen molar-refractivity contribution in [1.82, 2.24) is 10.2 Å². The number of ether oxygens (including phenoxy) is 3. The van der Waals surface area contributed by atoms with E-state index < -0.39 is 0 Å². The van der Waals surface area contributed by atoms with Crippen LogP contribution in [0.4, 0.5) is 5.69 Å². The summed E-state index contributed by atoms with van der Waals surface area (Å²) in [6, 6.07) is 10.3. The predicted molar refractivity (Wildman–Crippen MR) is 107 cm³/mol. The van der Waals surface area contributed by atoms with Gasteiger partial charge in [0, 0.05) is 26.2 Å². The third-order valence-corrected chi connectivity index (χ3v) is 4.78. The van der Waals surface area contributed by atoms with Crippen molar-refractivity contribution >= 4 is 23.4 Å². The first-order valence-corrected chi connectivity index (χ1v) is 9.36. The van der Waals surface area contributed by atoms with Crippen LogP contribution >= 0.6 is 0 Å². The number of carbonyl (C=O) groups is 3. The zero-order valence-corrected chi connectivity index (χ0v) is 16.6. The van der Waals surface area contributed by atoms with Crippen molar-refractivity contribution < 1.29 is 28.6 Å². The highest BCUT2D eigenvalue weighted by atomic mass is 16.7. The van der Waals surface area contributed by atoms with Crippen LogP contribution in [-0.2, 0) is 16.1 Å². The Kier molecular flexibility index (Phi) is 5.18. The van der Waals surface area contributed by atoms with E-state index in [0.29, 0.717) is 28.5 Å². The molecule has 0 fully saturated rings. The van der Waals surface area contributed by atoms with Crippen LogP contribution in [0.2, 0.25) is 0 Å². The van der Waals surface area contributed by atoms with Crippen LogP contribution in [0.3, 0.4) is 0 Å². The molecule has 30 heavy (non-hydrogen) atoms. The molecule has 0 unspecified atom stereocenters. The second-order valence-corrected chi connectivity index (χ2v) is 7.11. The minimum atomic E-state index is -0.352. The van der Waals surface area contributed by atoms with E-state index in [1.807, 2.05) is 6.07 Å². The maximum Gasteiger partial charge on any atom is 0.265 e. The molecular formula is C21H21N3O6. The number of benzene rings is 2. The second kappa shape index (κ2) is 7.94. The molecule has 156 valence electrons. The number of anilines is 1. The van der Waals surface area contributed by atoms with E-state index in [-0.39, 0.29) is 44.2 Å². The van der Waals surface area contributed by atoms with E-state index in [1.54, 1.807) is 44.4 Å². The van der Waals surface area contributed by atoms with E-state index in [9.17, 15) is 14.4 Å². The largest absolute Gasteiger partial charge is 0.482 e. The van der Waals surface area contributed by atoms with Gasteiger partial charge in [-0.3, -0.25) is 19.3 Å². The summed E-state index contributed by atoms with van der Waals surface area (Å²) >= 11 is 0. The smallest absolute Gasteiger partial charge is 0.265 e. The number of rotatable bonds is 5. The van der Waals surface area contributed by atoms with E-state index >= 15 is 0 Å². The topological polar surface area (TPSA) is 97.4 Å². The molecule has 0 saturated carbocycles. The number of nitrogens with zero attached hydrogens (tertiary/aromatic N) is 2. The minimum Gasteiger partial charge on any atom is -0.482 e. The summed E-state index contributed by atoms with van der Waals surface area (Å²) in [5, 5.41) is 2.80. The molecule has 2 aliphatic heterocycles. The van der Waals surface area contributed by atoms with Crippen molar-refractivity contribution in [3.63, 3.8) is 0 Å². The standard InChI is InChI=1S/C21H21N3O6/c1-23(2)21(27)14-4-6-16-15(8-14)24(20(26)11-28-16)10-19(25)22-9-13-3-5-17-18(7-13)30-12-29-17/h3-8H,9-12H2,1-2H3,(H,22,25). The van der Waals surface area contributed by atoms with Gasteiger partial charge in [-0.25, -0.2) is 0 Å². The molecule has 9 nitrogen and oxygen atoms in total. The van der Waals surface area contributed by atoms with Crippen LogP contribution < -0.4 is 24.4 Å². The Hall–Kier alpha value is -3.75. The first-order valence-electron chi connectivity index (χ1n) is 9.36. The number of amides is 3. The number of fused-ring (bicyclic) bond motifs is 2. The highest BCUT2D eigenvalue weighted by Crippen LogP contribution is 2.34. The lowest BCUT2D eigenvalue weighted by Gasteiger charge is -2.29. The maximum atomic E-state index is 12.5. The highest BCUT2D eigenvalue weighted by molar-refractivity contribution is 6.04. The fourth-order valence-electron chi connectivity index (χ4n) is 3.22. The van der Waals surface area contributed by atoms with Crippen molar-refractivity contribution in [2.24, 2.45) is 0 Å². The van der Waals surface area contributed by atoms with Crippen molar-refractivity contribution in [3.05, 3.63) is 47.5 Å². The SMILES string of the molecule is CN(C)C(=O)c1ccc2c(c1)N(CC(=O)NCc1ccc3c(c1)OCO3)C(=O)CO2. The van der Waals surface area contributed by atoms with Crippen molar-refractivity contribution in [1.29, 1.82) is 0 Å². The van der Waals surface area contributed by atoms with Gasteiger partial charge >= 0.3 is 0 Å². The molecule has 4 rings (SSSR count). The van der Waals surface area contributed by atoms with Gasteiger partial charge in [0.25, 0.3) is 11.8 Å². The number of nitrogens with one attached hydrogen (secondary N) is 1. The van der Waals surface area contributed by atoms with Gasteiger partial charge < -0.3 is 24.4 Å². The van der Waals surface area contributed by atoms with Gasteiger partial charge in [0.2, 0.25) is 12.7 Å². The molecule has 2 heterocycles. The van der Waals surface area contributed by atoms with Crippen LogP contribution in [0.1, 0.15) is 15.9 Å². The average Bonchev–Trinajstić information content (AvgIpc) is 3.21. The molecule has 0 aromatic heterocycles. The summed E-state index contributed by atoms with van der Waals surface area (Å²) in [6.07, 6.45) is 0. The quantitative estimate of drug-likeness (QED) is 0.793. The van der Waals surface area contributed by atoms with Gasteiger partial charge in [0.15, 0.2) is 18.1 Å². The summed E-state index contributed by atoms with van der Waals surface area (Å²) in [6.45, 7) is 0.116. The Morgan fingerprint density at radius 1 is 1.03 bits per heavy atom. The summed E-state index contributed by atoms with van der Waals surface area (Å²) in [5.41, 5.74) is 1.65. The van der Waals surface area contributed by atoms with Crippen molar-refractivity contribution in [2.75, 3.05) is 38.9 Å².